The molecule has 3 N–H and O–H groups in total. The number of hydrogen-bond acceptors (Lipinski definition) is 8. The summed E-state index contributed by atoms with van der Waals surface area (Å²) in [6, 6.07) is 14.8. The topological polar surface area (TPSA) is 147 Å². The Labute approximate surface area is 223 Å². The van der Waals surface area contributed by atoms with E-state index in [1.165, 1.54) is 67.6 Å². The molecule has 0 spiro atoms. The fourth-order valence-electron chi connectivity index (χ4n) is 3.21. The van der Waals surface area contributed by atoms with E-state index in [1.807, 2.05) is 6.92 Å². The summed E-state index contributed by atoms with van der Waals surface area (Å²) in [4.78, 5) is 12.5. The Morgan fingerprint density at radius 3 is 2.21 bits per heavy atom. The van der Waals surface area contributed by atoms with Gasteiger partial charge in [-0.25, -0.2) is 21.2 Å². The van der Waals surface area contributed by atoms with E-state index in [9.17, 15) is 26.0 Å². The predicted molar refractivity (Wildman–Crippen MR) is 143 cm³/mol. The summed E-state index contributed by atoms with van der Waals surface area (Å²) in [6.45, 7) is 3.40. The number of nitrogens with zero attached hydrogens (tertiary/aromatic N) is 2. The fraction of sp³-hybridized carbons (Fsp3) is 0.125. The van der Waals surface area contributed by atoms with Gasteiger partial charge in [0, 0.05) is 16.9 Å². The molecule has 198 valence electrons. The number of nitrogens with one attached hydrogen (secondary N) is 3. The van der Waals surface area contributed by atoms with E-state index in [2.05, 4.69) is 25.0 Å². The molecule has 0 aliphatic heterocycles. The Bertz CT molecular complexity index is 1710. The summed E-state index contributed by atoms with van der Waals surface area (Å²) in [6.07, 6.45) is 0.634. The molecule has 1 heterocycles. The summed E-state index contributed by atoms with van der Waals surface area (Å²) in [7, 11) is -7.99. The molecule has 14 heteroatoms. The standard InChI is InChI=1S/C24H22FN5O5S3/c1-3-22-27-28-24(36-22)30-37(32,33)19-11-8-17(9-12-19)26-23(31)16-5-4-6-18(13-16)29-38(34,35)20-10-7-15(2)21(25)14-20/h4-14,29H,3H2,1-2H3,(H,26,31)(H,28,30). The third kappa shape index (κ3) is 6.33. The van der Waals surface area contributed by atoms with Crippen molar-refractivity contribution in [1.29, 1.82) is 0 Å². The molecule has 0 aliphatic carbocycles. The molecule has 0 saturated carbocycles. The van der Waals surface area contributed by atoms with Crippen molar-refractivity contribution in [2.75, 3.05) is 14.8 Å². The van der Waals surface area contributed by atoms with Crippen molar-refractivity contribution in [3.8, 4) is 0 Å². The normalized spacial score (nSPS) is 11.7. The third-order valence-electron chi connectivity index (χ3n) is 5.24. The second-order valence-corrected chi connectivity index (χ2v) is 12.5. The van der Waals surface area contributed by atoms with Crippen LogP contribution in [0.1, 0.15) is 27.9 Å². The molecule has 0 atom stereocenters. The maximum Gasteiger partial charge on any atom is 0.263 e. The molecule has 4 rings (SSSR count). The van der Waals surface area contributed by atoms with Gasteiger partial charge in [-0.3, -0.25) is 14.2 Å². The minimum atomic E-state index is -4.09. The van der Waals surface area contributed by atoms with Crippen LogP contribution in [0, 0.1) is 12.7 Å². The van der Waals surface area contributed by atoms with E-state index in [-0.39, 0.29) is 26.2 Å². The number of rotatable bonds is 9. The Hall–Kier alpha value is -3.88. The van der Waals surface area contributed by atoms with Gasteiger partial charge in [0.2, 0.25) is 5.13 Å². The van der Waals surface area contributed by atoms with E-state index in [1.54, 1.807) is 0 Å². The summed E-state index contributed by atoms with van der Waals surface area (Å²) in [5.41, 5.74) is 0.877. The number of benzene rings is 3. The van der Waals surface area contributed by atoms with Gasteiger partial charge >= 0.3 is 0 Å². The van der Waals surface area contributed by atoms with Gasteiger partial charge in [0.15, 0.2) is 0 Å². The minimum Gasteiger partial charge on any atom is -0.322 e. The summed E-state index contributed by atoms with van der Waals surface area (Å²) >= 11 is 1.14. The Kier molecular flexibility index (Phi) is 7.76. The maximum atomic E-state index is 13.8. The molecule has 0 saturated heterocycles. The Balaban J connectivity index is 1.44. The molecule has 0 bridgehead atoms. The first kappa shape index (κ1) is 27.2. The van der Waals surface area contributed by atoms with Gasteiger partial charge in [-0.15, -0.1) is 10.2 Å². The van der Waals surface area contributed by atoms with Gasteiger partial charge in [0.05, 0.1) is 9.79 Å². The molecule has 0 radical (unpaired) electrons. The van der Waals surface area contributed by atoms with Crippen LogP contribution in [0.2, 0.25) is 0 Å². The number of anilines is 3. The maximum absolute atomic E-state index is 13.8. The van der Waals surface area contributed by atoms with E-state index >= 15 is 0 Å². The lowest BCUT2D eigenvalue weighted by Gasteiger charge is -2.11. The quantitative estimate of drug-likeness (QED) is 0.268. The number of aromatic nitrogens is 2. The van der Waals surface area contributed by atoms with Crippen molar-refractivity contribution in [2.24, 2.45) is 0 Å². The molecule has 1 aromatic heterocycles. The van der Waals surface area contributed by atoms with Crippen molar-refractivity contribution >= 4 is 53.8 Å². The van der Waals surface area contributed by atoms with Crippen molar-refractivity contribution in [3.05, 3.63) is 88.7 Å². The predicted octanol–water partition coefficient (Wildman–Crippen LogP) is 4.40. The van der Waals surface area contributed by atoms with Gasteiger partial charge < -0.3 is 5.32 Å². The van der Waals surface area contributed by atoms with Gasteiger partial charge in [0.25, 0.3) is 26.0 Å². The van der Waals surface area contributed by atoms with Gasteiger partial charge in [0.1, 0.15) is 10.8 Å². The molecule has 1 amide bonds. The average Bonchev–Trinajstić information content (AvgIpc) is 3.32. The van der Waals surface area contributed by atoms with Crippen LogP contribution in [0.3, 0.4) is 0 Å². The largest absolute Gasteiger partial charge is 0.322 e. The van der Waals surface area contributed by atoms with Crippen LogP contribution in [-0.2, 0) is 26.5 Å². The van der Waals surface area contributed by atoms with Crippen molar-refractivity contribution < 1.29 is 26.0 Å². The summed E-state index contributed by atoms with van der Waals surface area (Å²) in [5.74, 6) is -1.21. The molecule has 4 aromatic rings. The van der Waals surface area contributed by atoms with Crippen LogP contribution in [0.4, 0.5) is 20.9 Å². The van der Waals surface area contributed by atoms with Gasteiger partial charge in [-0.05, 0) is 73.5 Å². The zero-order valence-corrected chi connectivity index (χ0v) is 22.5. The van der Waals surface area contributed by atoms with Crippen LogP contribution in [0.25, 0.3) is 0 Å². The first-order valence-corrected chi connectivity index (χ1v) is 14.9. The fourth-order valence-corrected chi connectivity index (χ4v) is 6.18. The lowest BCUT2D eigenvalue weighted by Crippen LogP contribution is -2.16. The second-order valence-electron chi connectivity index (χ2n) is 8.04. The molecular formula is C24H22FN5O5S3. The van der Waals surface area contributed by atoms with E-state index in [4.69, 9.17) is 0 Å². The molecule has 0 aliphatic rings. The van der Waals surface area contributed by atoms with E-state index in [0.29, 0.717) is 22.7 Å². The highest BCUT2D eigenvalue weighted by Crippen LogP contribution is 2.23. The molecular weight excluding hydrogens is 553 g/mol. The van der Waals surface area contributed by atoms with Crippen molar-refractivity contribution in [3.63, 3.8) is 0 Å². The highest BCUT2D eigenvalue weighted by Gasteiger charge is 2.18. The zero-order chi connectivity index (χ0) is 27.5. The molecule has 3 aromatic carbocycles. The molecule has 10 nitrogen and oxygen atoms in total. The smallest absolute Gasteiger partial charge is 0.263 e. The van der Waals surface area contributed by atoms with Gasteiger partial charge in [-0.2, -0.15) is 0 Å². The highest BCUT2D eigenvalue weighted by molar-refractivity contribution is 7.93. The molecule has 0 fully saturated rings. The van der Waals surface area contributed by atoms with Crippen LogP contribution in [0.5, 0.6) is 0 Å². The van der Waals surface area contributed by atoms with Crippen LogP contribution >= 0.6 is 11.3 Å². The van der Waals surface area contributed by atoms with Crippen LogP contribution in [0.15, 0.2) is 76.5 Å². The molecule has 38 heavy (non-hydrogen) atoms. The first-order chi connectivity index (χ1) is 18.0. The number of sulfonamides is 2. The number of carbonyl (C=O) groups is 1. The number of halogens is 1. The highest BCUT2D eigenvalue weighted by atomic mass is 32.2. The van der Waals surface area contributed by atoms with Crippen LogP contribution in [-0.4, -0.2) is 32.9 Å². The molecule has 0 unspecified atom stereocenters. The number of carbonyl (C=O) groups excluding carboxylic acids is 1. The Morgan fingerprint density at radius 1 is 0.868 bits per heavy atom. The lowest BCUT2D eigenvalue weighted by atomic mass is 10.2. The first-order valence-electron chi connectivity index (χ1n) is 11.1. The van der Waals surface area contributed by atoms with Gasteiger partial charge in [-0.1, -0.05) is 30.4 Å². The summed E-state index contributed by atoms with van der Waals surface area (Å²) < 4.78 is 69.0. The number of hydrogen-bond donors (Lipinski definition) is 3. The van der Waals surface area contributed by atoms with E-state index in [0.717, 1.165) is 17.4 Å². The van der Waals surface area contributed by atoms with Crippen molar-refractivity contribution in [1.82, 2.24) is 10.2 Å². The zero-order valence-electron chi connectivity index (χ0n) is 20.1. The SMILES string of the molecule is CCc1nnc(NS(=O)(=O)c2ccc(NC(=O)c3cccc(NS(=O)(=O)c4ccc(C)c(F)c4)c3)cc2)s1. The monoisotopic (exact) mass is 575 g/mol. The average molecular weight is 576 g/mol. The number of amides is 1. The third-order valence-corrected chi connectivity index (χ3v) is 9.09. The summed E-state index contributed by atoms with van der Waals surface area (Å²) in [5, 5.41) is 11.2. The van der Waals surface area contributed by atoms with Crippen LogP contribution < -0.4 is 14.8 Å². The van der Waals surface area contributed by atoms with Crippen molar-refractivity contribution in [2.45, 2.75) is 30.1 Å². The lowest BCUT2D eigenvalue weighted by molar-refractivity contribution is 0.102. The Morgan fingerprint density at radius 2 is 1.55 bits per heavy atom. The van der Waals surface area contributed by atoms with E-state index < -0.39 is 31.8 Å². The number of aryl methyl sites for hydroxylation is 2. The minimum absolute atomic E-state index is 0.0345. The second kappa shape index (κ2) is 10.8.